The third kappa shape index (κ3) is 6.31. The fraction of sp³-hybridized carbons (Fsp3) is 0.474. The average Bonchev–Trinajstić information content (AvgIpc) is 3.10. The molecular formula is C19H27N3O3S. The number of nitrogens with one attached hydrogen (secondary N) is 2. The van der Waals surface area contributed by atoms with Crippen LogP contribution in [0.15, 0.2) is 35.3 Å². The van der Waals surface area contributed by atoms with Gasteiger partial charge in [0.2, 0.25) is 0 Å². The molecule has 1 heterocycles. The van der Waals surface area contributed by atoms with Crippen LogP contribution in [-0.2, 0) is 9.53 Å². The second-order valence-corrected chi connectivity index (χ2v) is 7.08. The van der Waals surface area contributed by atoms with E-state index in [0.717, 1.165) is 36.1 Å². The zero-order chi connectivity index (χ0) is 18.8. The first kappa shape index (κ1) is 20.2. The summed E-state index contributed by atoms with van der Waals surface area (Å²) in [6, 6.07) is 10.1. The molecule has 1 aromatic heterocycles. The molecule has 0 saturated heterocycles. The van der Waals surface area contributed by atoms with Crippen molar-refractivity contribution in [3.63, 3.8) is 0 Å². The quantitative estimate of drug-likeness (QED) is 0.271. The van der Waals surface area contributed by atoms with E-state index >= 15 is 0 Å². The fourth-order valence-electron chi connectivity index (χ4n) is 2.56. The molecule has 0 fully saturated rings. The van der Waals surface area contributed by atoms with Gasteiger partial charge in [-0.25, -0.2) is 0 Å². The molecule has 2 aromatic rings. The molecule has 1 aromatic carbocycles. The summed E-state index contributed by atoms with van der Waals surface area (Å²) in [5.74, 6) is 0.504. The number of carbonyl (C=O) groups is 1. The summed E-state index contributed by atoms with van der Waals surface area (Å²) in [5.41, 5.74) is 0. The van der Waals surface area contributed by atoms with Crippen molar-refractivity contribution in [1.29, 1.82) is 0 Å². The van der Waals surface area contributed by atoms with Gasteiger partial charge in [0.05, 0.1) is 7.11 Å². The first-order valence-electron chi connectivity index (χ1n) is 8.82. The minimum atomic E-state index is -0.578. The summed E-state index contributed by atoms with van der Waals surface area (Å²) < 4.78 is 5.79. The maximum absolute atomic E-state index is 11.0. The van der Waals surface area contributed by atoms with Gasteiger partial charge in [0.15, 0.2) is 5.96 Å². The predicted octanol–water partition coefficient (Wildman–Crippen LogP) is 2.83. The first-order chi connectivity index (χ1) is 12.6. The highest BCUT2D eigenvalue weighted by molar-refractivity contribution is 7.19. The van der Waals surface area contributed by atoms with Crippen LogP contribution < -0.4 is 10.6 Å². The lowest BCUT2D eigenvalue weighted by Crippen LogP contribution is -2.39. The van der Waals surface area contributed by atoms with E-state index in [0.29, 0.717) is 18.9 Å². The molecule has 0 aliphatic rings. The molecule has 0 spiro atoms. The Morgan fingerprint density at radius 1 is 1.27 bits per heavy atom. The largest absolute Gasteiger partial charge is 0.469 e. The molecule has 0 saturated carbocycles. The van der Waals surface area contributed by atoms with Crippen LogP contribution in [0.4, 0.5) is 0 Å². The van der Waals surface area contributed by atoms with Crippen molar-refractivity contribution >= 4 is 33.4 Å². The Morgan fingerprint density at radius 3 is 2.81 bits per heavy atom. The van der Waals surface area contributed by atoms with Crippen LogP contribution in [0.3, 0.4) is 0 Å². The number of fused-ring (bicyclic) bond motifs is 1. The maximum Gasteiger partial charge on any atom is 0.305 e. The second kappa shape index (κ2) is 10.8. The van der Waals surface area contributed by atoms with Gasteiger partial charge in [-0.3, -0.25) is 9.79 Å². The zero-order valence-electron chi connectivity index (χ0n) is 15.3. The lowest BCUT2D eigenvalue weighted by Gasteiger charge is -2.14. The summed E-state index contributed by atoms with van der Waals surface area (Å²) in [6.45, 7) is 1.16. The van der Waals surface area contributed by atoms with Crippen molar-refractivity contribution in [2.75, 3.05) is 27.2 Å². The Kier molecular flexibility index (Phi) is 8.37. The minimum absolute atomic E-state index is 0.161. The number of ether oxygens (including phenoxy) is 1. The number of rotatable bonds is 9. The van der Waals surface area contributed by atoms with Gasteiger partial charge in [-0.15, -0.1) is 11.3 Å². The summed E-state index contributed by atoms with van der Waals surface area (Å²) >= 11 is 1.61. The molecule has 0 amide bonds. The highest BCUT2D eigenvalue weighted by atomic mass is 32.1. The molecule has 6 nitrogen and oxygen atoms in total. The Bertz CT molecular complexity index is 697. The summed E-state index contributed by atoms with van der Waals surface area (Å²) in [5, 5.41) is 17.9. The topological polar surface area (TPSA) is 83.0 Å². The van der Waals surface area contributed by atoms with Crippen LogP contribution in [0.5, 0.6) is 0 Å². The van der Waals surface area contributed by atoms with E-state index in [1.54, 1.807) is 18.4 Å². The molecule has 26 heavy (non-hydrogen) atoms. The monoisotopic (exact) mass is 377 g/mol. The number of aliphatic imine (C=N–C) groups is 1. The van der Waals surface area contributed by atoms with Crippen LogP contribution in [0.2, 0.25) is 0 Å². The van der Waals surface area contributed by atoms with Crippen LogP contribution in [-0.4, -0.2) is 44.3 Å². The molecule has 1 atom stereocenters. The summed E-state index contributed by atoms with van der Waals surface area (Å²) in [6.07, 6.45) is 2.60. The first-order valence-corrected chi connectivity index (χ1v) is 9.63. The van der Waals surface area contributed by atoms with E-state index in [2.05, 4.69) is 32.5 Å². The Hall–Kier alpha value is -2.12. The molecule has 7 heteroatoms. The number of benzene rings is 1. The molecule has 0 radical (unpaired) electrons. The Balaban J connectivity index is 1.68. The number of hydrogen-bond acceptors (Lipinski definition) is 5. The number of aliphatic hydroxyl groups excluding tert-OH is 1. The van der Waals surface area contributed by atoms with Crippen molar-refractivity contribution in [1.82, 2.24) is 10.6 Å². The SMILES string of the molecule is CN=C(NCCCCCC(=O)OC)NCC(O)c1cc2ccccc2s1. The third-order valence-electron chi connectivity index (χ3n) is 4.04. The Morgan fingerprint density at radius 2 is 2.08 bits per heavy atom. The van der Waals surface area contributed by atoms with Gasteiger partial charge in [-0.2, -0.15) is 0 Å². The van der Waals surface area contributed by atoms with E-state index in [-0.39, 0.29) is 5.97 Å². The molecule has 3 N–H and O–H groups in total. The van der Waals surface area contributed by atoms with Crippen LogP contribution in [0.25, 0.3) is 10.1 Å². The summed E-state index contributed by atoms with van der Waals surface area (Å²) in [7, 11) is 3.12. The normalized spacial score (nSPS) is 12.8. The molecule has 2 rings (SSSR count). The van der Waals surface area contributed by atoms with Gasteiger partial charge >= 0.3 is 5.97 Å². The van der Waals surface area contributed by atoms with E-state index in [9.17, 15) is 9.90 Å². The van der Waals surface area contributed by atoms with Gasteiger partial charge in [0.25, 0.3) is 0 Å². The molecule has 0 bridgehead atoms. The molecule has 0 aliphatic heterocycles. The van der Waals surface area contributed by atoms with E-state index in [1.165, 1.54) is 11.8 Å². The highest BCUT2D eigenvalue weighted by Crippen LogP contribution is 2.29. The van der Waals surface area contributed by atoms with Crippen molar-refractivity contribution < 1.29 is 14.6 Å². The lowest BCUT2D eigenvalue weighted by atomic mass is 10.2. The van der Waals surface area contributed by atoms with Crippen LogP contribution in [0.1, 0.15) is 36.7 Å². The molecule has 0 aliphatic carbocycles. The summed E-state index contributed by atoms with van der Waals surface area (Å²) in [4.78, 5) is 16.1. The number of aliphatic hydroxyl groups is 1. The van der Waals surface area contributed by atoms with Crippen LogP contribution in [0, 0.1) is 0 Å². The third-order valence-corrected chi connectivity index (χ3v) is 5.25. The number of carbonyl (C=O) groups excluding carboxylic acids is 1. The number of hydrogen-bond donors (Lipinski definition) is 3. The van der Waals surface area contributed by atoms with Gasteiger partial charge in [0, 0.05) is 36.1 Å². The minimum Gasteiger partial charge on any atom is -0.469 e. The standard InChI is InChI=1S/C19H27N3O3S/c1-20-19(21-11-7-3-4-10-18(24)25-2)22-13-15(23)17-12-14-8-5-6-9-16(14)26-17/h5-6,8-9,12,15,23H,3-4,7,10-11,13H2,1-2H3,(H2,20,21,22). The molecular weight excluding hydrogens is 350 g/mol. The van der Waals surface area contributed by atoms with Gasteiger partial charge in [0.1, 0.15) is 6.10 Å². The second-order valence-electron chi connectivity index (χ2n) is 5.97. The fourth-order valence-corrected chi connectivity index (χ4v) is 3.61. The van der Waals surface area contributed by atoms with E-state index in [1.807, 2.05) is 18.2 Å². The lowest BCUT2D eigenvalue weighted by molar-refractivity contribution is -0.140. The predicted molar refractivity (Wildman–Crippen MR) is 107 cm³/mol. The number of nitrogens with zero attached hydrogens (tertiary/aromatic N) is 1. The van der Waals surface area contributed by atoms with Crippen LogP contribution >= 0.6 is 11.3 Å². The number of unbranched alkanes of at least 4 members (excludes halogenated alkanes) is 2. The van der Waals surface area contributed by atoms with Crippen molar-refractivity contribution in [2.45, 2.75) is 31.8 Å². The van der Waals surface area contributed by atoms with Crippen molar-refractivity contribution in [3.8, 4) is 0 Å². The number of methoxy groups -OCH3 is 1. The Labute approximate surface area is 158 Å². The van der Waals surface area contributed by atoms with Gasteiger partial charge < -0.3 is 20.5 Å². The van der Waals surface area contributed by atoms with E-state index < -0.39 is 6.10 Å². The number of esters is 1. The molecule has 1 unspecified atom stereocenters. The number of thiophene rings is 1. The average molecular weight is 378 g/mol. The highest BCUT2D eigenvalue weighted by Gasteiger charge is 2.12. The van der Waals surface area contributed by atoms with Gasteiger partial charge in [-0.05, 0) is 30.4 Å². The van der Waals surface area contributed by atoms with Gasteiger partial charge in [-0.1, -0.05) is 24.6 Å². The van der Waals surface area contributed by atoms with E-state index in [4.69, 9.17) is 0 Å². The zero-order valence-corrected chi connectivity index (χ0v) is 16.1. The van der Waals surface area contributed by atoms with Crippen molar-refractivity contribution in [2.24, 2.45) is 4.99 Å². The smallest absolute Gasteiger partial charge is 0.305 e. The van der Waals surface area contributed by atoms with Crippen molar-refractivity contribution in [3.05, 3.63) is 35.2 Å². The maximum atomic E-state index is 11.0. The molecule has 142 valence electrons. The number of guanidine groups is 1.